The first-order valence-electron chi connectivity index (χ1n) is 5.58. The van der Waals surface area contributed by atoms with Gasteiger partial charge in [-0.2, -0.15) is 11.8 Å². The quantitative estimate of drug-likeness (QED) is 0.489. The highest BCUT2D eigenvalue weighted by molar-refractivity contribution is 7.99. The molecule has 1 atom stereocenters. The van der Waals surface area contributed by atoms with Gasteiger partial charge in [-0.05, 0) is 13.3 Å². The molecule has 0 amide bonds. The molecule has 90 valence electrons. The number of hydrogen-bond acceptors (Lipinski definition) is 4. The normalized spacial score (nSPS) is 12.5. The molecule has 0 aliphatic carbocycles. The van der Waals surface area contributed by atoms with E-state index in [0.29, 0.717) is 12.5 Å². The van der Waals surface area contributed by atoms with Crippen molar-refractivity contribution in [3.8, 4) is 0 Å². The van der Waals surface area contributed by atoms with Crippen LogP contribution in [0.1, 0.15) is 33.1 Å². The Morgan fingerprint density at radius 1 is 1.47 bits per heavy atom. The zero-order valence-electron chi connectivity index (χ0n) is 10.0. The van der Waals surface area contributed by atoms with Crippen LogP contribution in [0.25, 0.3) is 0 Å². The minimum absolute atomic E-state index is 0.116. The molecule has 0 saturated carbocycles. The zero-order chi connectivity index (χ0) is 11.5. The highest BCUT2D eigenvalue weighted by atomic mass is 32.2. The van der Waals surface area contributed by atoms with E-state index in [1.54, 1.807) is 11.8 Å². The number of thioether (sulfide) groups is 1. The number of rotatable bonds is 9. The fraction of sp³-hybridized carbons (Fsp3) is 0.909. The first-order chi connectivity index (χ1) is 7.20. The Morgan fingerprint density at radius 3 is 2.80 bits per heavy atom. The van der Waals surface area contributed by atoms with Gasteiger partial charge in [0.05, 0.1) is 13.5 Å². The lowest BCUT2D eigenvalue weighted by molar-refractivity contribution is -0.140. The fourth-order valence-corrected chi connectivity index (χ4v) is 2.05. The molecule has 0 saturated heterocycles. The average Bonchev–Trinajstić information content (AvgIpc) is 2.23. The Morgan fingerprint density at radius 2 is 2.20 bits per heavy atom. The van der Waals surface area contributed by atoms with E-state index in [0.717, 1.165) is 18.1 Å². The van der Waals surface area contributed by atoms with E-state index >= 15 is 0 Å². The second kappa shape index (κ2) is 10.3. The third-order valence-electron chi connectivity index (χ3n) is 2.14. The van der Waals surface area contributed by atoms with Gasteiger partial charge in [0, 0.05) is 24.1 Å². The van der Waals surface area contributed by atoms with Crippen molar-refractivity contribution < 1.29 is 9.53 Å². The Bertz CT molecular complexity index is 165. The van der Waals surface area contributed by atoms with Gasteiger partial charge in [-0.15, -0.1) is 0 Å². The van der Waals surface area contributed by atoms with E-state index in [2.05, 4.69) is 23.9 Å². The molecule has 3 nitrogen and oxygen atoms in total. The van der Waals surface area contributed by atoms with Gasteiger partial charge in [0.2, 0.25) is 0 Å². The molecular weight excluding hydrogens is 210 g/mol. The predicted molar refractivity (Wildman–Crippen MR) is 66.3 cm³/mol. The molecule has 0 aromatic rings. The zero-order valence-corrected chi connectivity index (χ0v) is 10.9. The number of carbonyl (C=O) groups excluding carboxylic acids is 1. The van der Waals surface area contributed by atoms with E-state index in [4.69, 9.17) is 0 Å². The van der Waals surface area contributed by atoms with Gasteiger partial charge in [0.1, 0.15) is 0 Å². The van der Waals surface area contributed by atoms with E-state index in [1.807, 2.05) is 0 Å². The molecule has 0 aromatic heterocycles. The van der Waals surface area contributed by atoms with Gasteiger partial charge in [0.25, 0.3) is 0 Å². The van der Waals surface area contributed by atoms with Crippen LogP contribution in [0.15, 0.2) is 0 Å². The fourth-order valence-electron chi connectivity index (χ4n) is 1.27. The monoisotopic (exact) mass is 233 g/mol. The molecule has 4 heteroatoms. The maximum atomic E-state index is 10.8. The summed E-state index contributed by atoms with van der Waals surface area (Å²) in [7, 11) is 1.43. The van der Waals surface area contributed by atoms with Gasteiger partial charge in [-0.1, -0.05) is 13.3 Å². The van der Waals surface area contributed by atoms with Crippen LogP contribution in [0.2, 0.25) is 0 Å². The Balaban J connectivity index is 3.14. The summed E-state index contributed by atoms with van der Waals surface area (Å²) in [6, 6.07) is 0.608. The number of nitrogens with one attached hydrogen (secondary N) is 1. The van der Waals surface area contributed by atoms with Crippen molar-refractivity contribution in [1.29, 1.82) is 0 Å². The van der Waals surface area contributed by atoms with Crippen molar-refractivity contribution in [2.75, 3.05) is 25.2 Å². The molecule has 0 aliphatic heterocycles. The number of methoxy groups -OCH3 is 1. The van der Waals surface area contributed by atoms with Gasteiger partial charge in [-0.3, -0.25) is 4.79 Å². The maximum absolute atomic E-state index is 10.8. The summed E-state index contributed by atoms with van der Waals surface area (Å²) < 4.78 is 4.56. The van der Waals surface area contributed by atoms with Crippen LogP contribution in [0.3, 0.4) is 0 Å². The summed E-state index contributed by atoms with van der Waals surface area (Å²) in [6.45, 7) is 5.43. The van der Waals surface area contributed by atoms with Crippen molar-refractivity contribution in [3.05, 3.63) is 0 Å². The Kier molecular flexibility index (Phi) is 10.2. The van der Waals surface area contributed by atoms with E-state index in [1.165, 1.54) is 20.0 Å². The van der Waals surface area contributed by atoms with Crippen LogP contribution in [-0.4, -0.2) is 37.2 Å². The topological polar surface area (TPSA) is 38.3 Å². The van der Waals surface area contributed by atoms with Crippen LogP contribution in [0.5, 0.6) is 0 Å². The molecule has 15 heavy (non-hydrogen) atoms. The highest BCUT2D eigenvalue weighted by Crippen LogP contribution is 2.02. The first-order valence-corrected chi connectivity index (χ1v) is 6.74. The largest absolute Gasteiger partial charge is 0.469 e. The molecule has 0 aliphatic rings. The van der Waals surface area contributed by atoms with Crippen molar-refractivity contribution in [1.82, 2.24) is 5.32 Å². The standard InChI is InChI=1S/C11H23NO2S/c1-4-5-10(2)12-7-9-15-8-6-11(13)14-3/h10,12H,4-9H2,1-3H3. The Hall–Kier alpha value is -0.220. The van der Waals surface area contributed by atoms with Gasteiger partial charge < -0.3 is 10.1 Å². The summed E-state index contributed by atoms with van der Waals surface area (Å²) >= 11 is 1.79. The summed E-state index contributed by atoms with van der Waals surface area (Å²) in [5.74, 6) is 1.80. The van der Waals surface area contributed by atoms with Gasteiger partial charge in [0.15, 0.2) is 0 Å². The number of ether oxygens (including phenoxy) is 1. The lowest BCUT2D eigenvalue weighted by Crippen LogP contribution is -2.27. The van der Waals surface area contributed by atoms with Gasteiger partial charge >= 0.3 is 5.97 Å². The van der Waals surface area contributed by atoms with E-state index < -0.39 is 0 Å². The van der Waals surface area contributed by atoms with Crippen LogP contribution >= 0.6 is 11.8 Å². The van der Waals surface area contributed by atoms with Crippen LogP contribution in [-0.2, 0) is 9.53 Å². The summed E-state index contributed by atoms with van der Waals surface area (Å²) in [6.07, 6.45) is 2.97. The highest BCUT2D eigenvalue weighted by Gasteiger charge is 2.00. The SMILES string of the molecule is CCCC(C)NCCSCCC(=O)OC. The van der Waals surface area contributed by atoms with Crippen molar-refractivity contribution >= 4 is 17.7 Å². The van der Waals surface area contributed by atoms with Crippen molar-refractivity contribution in [3.63, 3.8) is 0 Å². The van der Waals surface area contributed by atoms with E-state index in [9.17, 15) is 4.79 Å². The predicted octanol–water partition coefficient (Wildman–Crippen LogP) is 2.06. The minimum atomic E-state index is -0.116. The number of hydrogen-bond donors (Lipinski definition) is 1. The molecular formula is C11H23NO2S. The third kappa shape index (κ3) is 10.1. The van der Waals surface area contributed by atoms with Gasteiger partial charge in [-0.25, -0.2) is 0 Å². The smallest absolute Gasteiger partial charge is 0.306 e. The second-order valence-corrected chi connectivity index (χ2v) is 4.81. The lowest BCUT2D eigenvalue weighted by atomic mass is 10.2. The molecule has 0 spiro atoms. The molecule has 0 fully saturated rings. The van der Waals surface area contributed by atoms with Crippen LogP contribution in [0.4, 0.5) is 0 Å². The summed E-state index contributed by atoms with van der Waals surface area (Å²) in [5.41, 5.74) is 0. The van der Waals surface area contributed by atoms with Crippen LogP contribution < -0.4 is 5.32 Å². The summed E-state index contributed by atoms with van der Waals surface area (Å²) in [5, 5.41) is 3.45. The second-order valence-electron chi connectivity index (χ2n) is 3.58. The van der Waals surface area contributed by atoms with Crippen molar-refractivity contribution in [2.24, 2.45) is 0 Å². The Labute approximate surface area is 97.3 Å². The van der Waals surface area contributed by atoms with Crippen molar-refractivity contribution in [2.45, 2.75) is 39.2 Å². The third-order valence-corrected chi connectivity index (χ3v) is 3.12. The average molecular weight is 233 g/mol. The lowest BCUT2D eigenvalue weighted by Gasteiger charge is -2.11. The van der Waals surface area contributed by atoms with E-state index in [-0.39, 0.29) is 5.97 Å². The molecule has 0 radical (unpaired) electrons. The molecule has 1 N–H and O–H groups in total. The summed E-state index contributed by atoms with van der Waals surface area (Å²) in [4.78, 5) is 10.8. The molecule has 1 unspecified atom stereocenters. The molecule has 0 rings (SSSR count). The number of carbonyl (C=O) groups is 1. The van der Waals surface area contributed by atoms with Crippen LogP contribution in [0, 0.1) is 0 Å². The minimum Gasteiger partial charge on any atom is -0.469 e. The number of esters is 1. The first kappa shape index (κ1) is 14.8. The maximum Gasteiger partial charge on any atom is 0.306 e. The molecule has 0 aromatic carbocycles. The molecule has 0 heterocycles. The molecule has 0 bridgehead atoms.